The Morgan fingerprint density at radius 3 is 2.68 bits per heavy atom. The number of hydrogen-bond donors (Lipinski definition) is 1. The number of rotatable bonds is 3. The maximum atomic E-state index is 12.5. The molecule has 0 unspecified atom stereocenters. The number of carbonyl (C=O) groups is 2. The molecule has 1 aromatic rings. The summed E-state index contributed by atoms with van der Waals surface area (Å²) >= 11 is 0. The van der Waals surface area contributed by atoms with E-state index in [0.717, 1.165) is 29.9 Å². The highest BCUT2D eigenvalue weighted by molar-refractivity contribution is 5.80. The number of amides is 2. The average Bonchev–Trinajstić information content (AvgIpc) is 2.67. The Bertz CT molecular complexity index is 640. The Kier molecular flexibility index (Phi) is 5.31. The number of hydrogen-bond acceptors (Lipinski definition) is 5. The van der Waals surface area contributed by atoms with Gasteiger partial charge in [0.1, 0.15) is 18.1 Å². The number of fused-ring (bicyclic) bond motifs is 1. The SMILES string of the molecule is COC(=O)N1CCC(NC(=O)[C@@H]2COc3cc(OC)ccc3C2)CC1. The van der Waals surface area contributed by atoms with E-state index >= 15 is 0 Å². The van der Waals surface area contributed by atoms with Gasteiger partial charge in [-0.05, 0) is 30.9 Å². The molecule has 0 spiro atoms. The van der Waals surface area contributed by atoms with Gasteiger partial charge in [-0.3, -0.25) is 4.79 Å². The Morgan fingerprint density at radius 1 is 1.24 bits per heavy atom. The van der Waals surface area contributed by atoms with Crippen LogP contribution < -0.4 is 14.8 Å². The molecule has 2 heterocycles. The van der Waals surface area contributed by atoms with Gasteiger partial charge in [-0.25, -0.2) is 4.79 Å². The summed E-state index contributed by atoms with van der Waals surface area (Å²) in [6.07, 6.45) is 1.83. The zero-order valence-corrected chi connectivity index (χ0v) is 14.6. The quantitative estimate of drug-likeness (QED) is 0.898. The fraction of sp³-hybridized carbons (Fsp3) is 0.556. The molecule has 7 nitrogen and oxygen atoms in total. The van der Waals surface area contributed by atoms with Crippen LogP contribution in [-0.2, 0) is 16.0 Å². The topological polar surface area (TPSA) is 77.1 Å². The molecule has 1 atom stereocenters. The van der Waals surface area contributed by atoms with Crippen molar-refractivity contribution >= 4 is 12.0 Å². The van der Waals surface area contributed by atoms with Gasteiger partial charge in [0, 0.05) is 25.2 Å². The van der Waals surface area contributed by atoms with Gasteiger partial charge in [0.15, 0.2) is 0 Å². The van der Waals surface area contributed by atoms with E-state index < -0.39 is 0 Å². The Balaban J connectivity index is 1.52. The van der Waals surface area contributed by atoms with E-state index in [1.165, 1.54) is 7.11 Å². The van der Waals surface area contributed by atoms with Gasteiger partial charge in [-0.15, -0.1) is 0 Å². The number of nitrogens with zero attached hydrogens (tertiary/aromatic N) is 1. The summed E-state index contributed by atoms with van der Waals surface area (Å²) in [5.41, 5.74) is 1.02. The molecule has 1 saturated heterocycles. The Morgan fingerprint density at radius 2 is 2.00 bits per heavy atom. The fourth-order valence-corrected chi connectivity index (χ4v) is 3.30. The van der Waals surface area contributed by atoms with Crippen LogP contribution in [-0.4, -0.2) is 56.9 Å². The van der Waals surface area contributed by atoms with Crippen LogP contribution in [0.1, 0.15) is 18.4 Å². The van der Waals surface area contributed by atoms with Crippen molar-refractivity contribution in [2.75, 3.05) is 33.9 Å². The van der Waals surface area contributed by atoms with Gasteiger partial charge in [-0.1, -0.05) is 6.07 Å². The summed E-state index contributed by atoms with van der Waals surface area (Å²) < 4.78 is 15.7. The fourth-order valence-electron chi connectivity index (χ4n) is 3.30. The van der Waals surface area contributed by atoms with Crippen LogP contribution in [0.15, 0.2) is 18.2 Å². The first-order valence-electron chi connectivity index (χ1n) is 8.53. The molecule has 2 amide bonds. The second-order valence-corrected chi connectivity index (χ2v) is 6.43. The van der Waals surface area contributed by atoms with E-state index in [9.17, 15) is 9.59 Å². The van der Waals surface area contributed by atoms with Crippen molar-refractivity contribution < 1.29 is 23.8 Å². The molecule has 1 fully saturated rings. The van der Waals surface area contributed by atoms with Gasteiger partial charge in [-0.2, -0.15) is 0 Å². The number of nitrogens with one attached hydrogen (secondary N) is 1. The van der Waals surface area contributed by atoms with Gasteiger partial charge >= 0.3 is 6.09 Å². The molecule has 7 heteroatoms. The zero-order valence-electron chi connectivity index (χ0n) is 14.6. The predicted molar refractivity (Wildman–Crippen MR) is 90.8 cm³/mol. The first-order valence-corrected chi connectivity index (χ1v) is 8.53. The summed E-state index contributed by atoms with van der Waals surface area (Å²) in [5.74, 6) is 1.35. The van der Waals surface area contributed by atoms with Gasteiger partial charge in [0.25, 0.3) is 0 Å². The number of likely N-dealkylation sites (tertiary alicyclic amines) is 1. The summed E-state index contributed by atoms with van der Waals surface area (Å²) in [4.78, 5) is 25.7. The maximum Gasteiger partial charge on any atom is 0.409 e. The van der Waals surface area contributed by atoms with Crippen LogP contribution in [0.5, 0.6) is 11.5 Å². The van der Waals surface area contributed by atoms with Crippen molar-refractivity contribution in [3.8, 4) is 11.5 Å². The summed E-state index contributed by atoms with van der Waals surface area (Å²) in [6, 6.07) is 5.77. The molecule has 1 N–H and O–H groups in total. The number of benzene rings is 1. The van der Waals surface area contributed by atoms with Crippen LogP contribution in [0.25, 0.3) is 0 Å². The number of carbonyl (C=O) groups excluding carboxylic acids is 2. The van der Waals surface area contributed by atoms with Crippen LogP contribution in [0, 0.1) is 5.92 Å². The Hall–Kier alpha value is -2.44. The molecule has 0 bridgehead atoms. The maximum absolute atomic E-state index is 12.5. The minimum Gasteiger partial charge on any atom is -0.497 e. The molecule has 25 heavy (non-hydrogen) atoms. The third kappa shape index (κ3) is 3.97. The first-order chi connectivity index (χ1) is 12.1. The highest BCUT2D eigenvalue weighted by Crippen LogP contribution is 2.31. The summed E-state index contributed by atoms with van der Waals surface area (Å²) in [5, 5.41) is 3.10. The third-order valence-corrected chi connectivity index (χ3v) is 4.83. The molecule has 1 aromatic carbocycles. The lowest BCUT2D eigenvalue weighted by molar-refractivity contribution is -0.127. The van der Waals surface area contributed by atoms with E-state index in [0.29, 0.717) is 26.1 Å². The van der Waals surface area contributed by atoms with Crippen molar-refractivity contribution in [1.29, 1.82) is 0 Å². The predicted octanol–water partition coefficient (Wildman–Crippen LogP) is 1.59. The van der Waals surface area contributed by atoms with E-state index in [2.05, 4.69) is 5.32 Å². The lowest BCUT2D eigenvalue weighted by Gasteiger charge is -2.32. The van der Waals surface area contributed by atoms with Crippen molar-refractivity contribution in [2.24, 2.45) is 5.92 Å². The van der Waals surface area contributed by atoms with E-state index in [1.807, 2.05) is 18.2 Å². The standard InChI is InChI=1S/C18H24N2O5/c1-23-15-4-3-12-9-13(11-25-16(12)10-15)17(21)19-14-5-7-20(8-6-14)18(22)24-2/h3-4,10,13-14H,5-9,11H2,1-2H3,(H,19,21)/t13-/m0/s1. The third-order valence-electron chi connectivity index (χ3n) is 4.83. The molecule has 0 aromatic heterocycles. The Labute approximate surface area is 147 Å². The molecule has 3 rings (SSSR count). The average molecular weight is 348 g/mol. The van der Waals surface area contributed by atoms with Crippen LogP contribution in [0.4, 0.5) is 4.79 Å². The molecule has 0 saturated carbocycles. The number of ether oxygens (including phenoxy) is 3. The van der Waals surface area contributed by atoms with Crippen LogP contribution in [0.3, 0.4) is 0 Å². The smallest absolute Gasteiger partial charge is 0.409 e. The van der Waals surface area contributed by atoms with E-state index in [-0.39, 0.29) is 24.0 Å². The van der Waals surface area contributed by atoms with Gasteiger partial charge in [0.05, 0.1) is 20.1 Å². The molecule has 136 valence electrons. The van der Waals surface area contributed by atoms with E-state index in [1.54, 1.807) is 12.0 Å². The highest BCUT2D eigenvalue weighted by Gasteiger charge is 2.30. The largest absolute Gasteiger partial charge is 0.497 e. The van der Waals surface area contributed by atoms with Crippen LogP contribution in [0.2, 0.25) is 0 Å². The van der Waals surface area contributed by atoms with Gasteiger partial charge < -0.3 is 24.4 Å². The molecule has 0 aliphatic carbocycles. The monoisotopic (exact) mass is 348 g/mol. The second-order valence-electron chi connectivity index (χ2n) is 6.43. The highest BCUT2D eigenvalue weighted by atomic mass is 16.5. The van der Waals surface area contributed by atoms with Crippen molar-refractivity contribution in [2.45, 2.75) is 25.3 Å². The second kappa shape index (κ2) is 7.63. The van der Waals surface area contributed by atoms with Crippen molar-refractivity contribution in [3.63, 3.8) is 0 Å². The molecule has 2 aliphatic heterocycles. The lowest BCUT2D eigenvalue weighted by atomic mass is 9.95. The van der Waals surface area contributed by atoms with Crippen molar-refractivity contribution in [1.82, 2.24) is 10.2 Å². The summed E-state index contributed by atoms with van der Waals surface area (Å²) in [6.45, 7) is 1.57. The first kappa shape index (κ1) is 17.4. The molecular formula is C18H24N2O5. The molecule has 2 aliphatic rings. The van der Waals surface area contributed by atoms with Crippen molar-refractivity contribution in [3.05, 3.63) is 23.8 Å². The number of methoxy groups -OCH3 is 2. The normalized spacial score (nSPS) is 20.2. The minimum atomic E-state index is -0.308. The number of piperidine rings is 1. The van der Waals surface area contributed by atoms with Gasteiger partial charge in [0.2, 0.25) is 5.91 Å². The molecular weight excluding hydrogens is 324 g/mol. The van der Waals surface area contributed by atoms with E-state index in [4.69, 9.17) is 14.2 Å². The summed E-state index contributed by atoms with van der Waals surface area (Å²) in [7, 11) is 3.00. The minimum absolute atomic E-state index is 0.0120. The zero-order chi connectivity index (χ0) is 17.8. The molecule has 0 radical (unpaired) electrons. The lowest BCUT2D eigenvalue weighted by Crippen LogP contribution is -2.49. The van der Waals surface area contributed by atoms with Crippen LogP contribution >= 0.6 is 0 Å².